The first-order valence-electron chi connectivity index (χ1n) is 8.10. The number of hydrogen-bond donors (Lipinski definition) is 1. The van der Waals surface area contributed by atoms with Crippen LogP contribution in [0.2, 0.25) is 0 Å². The molecule has 1 aliphatic carbocycles. The summed E-state index contributed by atoms with van der Waals surface area (Å²) in [5, 5.41) is 10.3. The second kappa shape index (κ2) is 6.91. The summed E-state index contributed by atoms with van der Waals surface area (Å²) in [5.74, 6) is 1.36. The van der Waals surface area contributed by atoms with Gasteiger partial charge >= 0.3 is 0 Å². The molecule has 1 heterocycles. The average molecular weight is 253 g/mol. The molecule has 0 aromatic heterocycles. The Balaban J connectivity index is 1.93. The van der Waals surface area contributed by atoms with Gasteiger partial charge in [-0.3, -0.25) is 0 Å². The molecule has 2 aliphatic rings. The summed E-state index contributed by atoms with van der Waals surface area (Å²) < 4.78 is 0. The number of rotatable bonds is 4. The summed E-state index contributed by atoms with van der Waals surface area (Å²) in [4.78, 5) is 2.70. The molecule has 1 aliphatic heterocycles. The van der Waals surface area contributed by atoms with Crippen LogP contribution < -0.4 is 0 Å². The number of likely N-dealkylation sites (tertiary alicyclic amines) is 1. The van der Waals surface area contributed by atoms with Crippen molar-refractivity contribution in [3.63, 3.8) is 0 Å². The summed E-state index contributed by atoms with van der Waals surface area (Å²) in [7, 11) is 0. The highest BCUT2D eigenvalue weighted by Crippen LogP contribution is 2.34. The van der Waals surface area contributed by atoms with Crippen LogP contribution in [0, 0.1) is 11.8 Å². The van der Waals surface area contributed by atoms with Gasteiger partial charge < -0.3 is 10.0 Å². The van der Waals surface area contributed by atoms with Crippen LogP contribution in [0.5, 0.6) is 0 Å². The zero-order valence-corrected chi connectivity index (χ0v) is 12.3. The first kappa shape index (κ1) is 14.3. The van der Waals surface area contributed by atoms with E-state index in [2.05, 4.69) is 18.7 Å². The maximum absolute atomic E-state index is 10.3. The predicted octanol–water partition coefficient (Wildman–Crippen LogP) is 3.44. The molecule has 0 spiro atoms. The number of piperidine rings is 1. The first-order valence-corrected chi connectivity index (χ1v) is 8.10. The van der Waals surface area contributed by atoms with E-state index in [9.17, 15) is 5.11 Å². The van der Waals surface area contributed by atoms with E-state index in [-0.39, 0.29) is 6.10 Å². The Morgan fingerprint density at radius 1 is 1.06 bits per heavy atom. The molecular formula is C16H31NO. The van der Waals surface area contributed by atoms with Crippen LogP contribution in [-0.4, -0.2) is 35.2 Å². The molecule has 1 N–H and O–H groups in total. The number of nitrogens with zero attached hydrogens (tertiary/aromatic N) is 1. The first-order chi connectivity index (χ1) is 8.68. The van der Waals surface area contributed by atoms with E-state index in [4.69, 9.17) is 0 Å². The number of aliphatic hydroxyl groups excluding tert-OH is 1. The van der Waals surface area contributed by atoms with Crippen LogP contribution in [0.4, 0.5) is 0 Å². The second-order valence-electron chi connectivity index (χ2n) is 6.80. The largest absolute Gasteiger partial charge is 0.393 e. The SMILES string of the molecule is CC(C)CCN1CCCCC1C1CCCCC1O. The lowest BCUT2D eigenvalue weighted by molar-refractivity contribution is -0.00677. The fourth-order valence-electron chi connectivity index (χ4n) is 3.79. The Bertz CT molecular complexity index is 241. The average Bonchev–Trinajstić information content (AvgIpc) is 2.37. The molecule has 1 saturated carbocycles. The van der Waals surface area contributed by atoms with Gasteiger partial charge in [-0.25, -0.2) is 0 Å². The van der Waals surface area contributed by atoms with Crippen molar-refractivity contribution < 1.29 is 5.11 Å². The molecule has 1 saturated heterocycles. The maximum atomic E-state index is 10.3. The van der Waals surface area contributed by atoms with Crippen LogP contribution in [0.1, 0.15) is 65.2 Å². The van der Waals surface area contributed by atoms with Gasteiger partial charge in [-0.1, -0.05) is 33.1 Å². The van der Waals surface area contributed by atoms with E-state index in [0.29, 0.717) is 12.0 Å². The zero-order valence-electron chi connectivity index (χ0n) is 12.3. The van der Waals surface area contributed by atoms with E-state index in [1.165, 1.54) is 58.0 Å². The molecule has 2 fully saturated rings. The lowest BCUT2D eigenvalue weighted by atomic mass is 9.78. The fourth-order valence-corrected chi connectivity index (χ4v) is 3.79. The lowest BCUT2D eigenvalue weighted by Gasteiger charge is -2.44. The number of aliphatic hydroxyl groups is 1. The molecule has 0 aromatic rings. The van der Waals surface area contributed by atoms with Crippen molar-refractivity contribution in [1.29, 1.82) is 0 Å². The molecule has 106 valence electrons. The second-order valence-corrected chi connectivity index (χ2v) is 6.80. The summed E-state index contributed by atoms with van der Waals surface area (Å²) in [6.07, 6.45) is 10.2. The summed E-state index contributed by atoms with van der Waals surface area (Å²) in [6, 6.07) is 0.674. The minimum Gasteiger partial charge on any atom is -0.393 e. The molecular weight excluding hydrogens is 222 g/mol. The Morgan fingerprint density at radius 3 is 2.50 bits per heavy atom. The van der Waals surface area contributed by atoms with Crippen molar-refractivity contribution in [2.45, 2.75) is 77.4 Å². The van der Waals surface area contributed by atoms with E-state index >= 15 is 0 Å². The zero-order chi connectivity index (χ0) is 13.0. The smallest absolute Gasteiger partial charge is 0.0583 e. The molecule has 18 heavy (non-hydrogen) atoms. The third-order valence-corrected chi connectivity index (χ3v) is 4.93. The van der Waals surface area contributed by atoms with Gasteiger partial charge in [0.05, 0.1) is 6.10 Å². The predicted molar refractivity (Wildman–Crippen MR) is 76.6 cm³/mol. The van der Waals surface area contributed by atoms with Crippen molar-refractivity contribution in [2.75, 3.05) is 13.1 Å². The van der Waals surface area contributed by atoms with Crippen molar-refractivity contribution in [1.82, 2.24) is 4.90 Å². The standard InChI is InChI=1S/C16H31NO/c1-13(2)10-12-17-11-6-5-8-15(17)14-7-3-4-9-16(14)18/h13-16,18H,3-12H2,1-2H3. The minimum absolute atomic E-state index is 0.0246. The molecule has 0 bridgehead atoms. The molecule has 3 atom stereocenters. The molecule has 2 heteroatoms. The van der Waals surface area contributed by atoms with Gasteiger partial charge in [0.25, 0.3) is 0 Å². The monoisotopic (exact) mass is 253 g/mol. The van der Waals surface area contributed by atoms with Crippen LogP contribution in [-0.2, 0) is 0 Å². The van der Waals surface area contributed by atoms with Gasteiger partial charge in [-0.2, -0.15) is 0 Å². The Morgan fingerprint density at radius 2 is 1.78 bits per heavy atom. The number of hydrogen-bond acceptors (Lipinski definition) is 2. The normalized spacial score (nSPS) is 35.0. The summed E-state index contributed by atoms with van der Waals surface area (Å²) >= 11 is 0. The van der Waals surface area contributed by atoms with Crippen molar-refractivity contribution in [2.24, 2.45) is 11.8 Å². The highest BCUT2D eigenvalue weighted by Gasteiger charge is 2.35. The lowest BCUT2D eigenvalue weighted by Crippen LogP contribution is -2.49. The van der Waals surface area contributed by atoms with Gasteiger partial charge in [0.2, 0.25) is 0 Å². The highest BCUT2D eigenvalue weighted by molar-refractivity contribution is 4.89. The molecule has 2 nitrogen and oxygen atoms in total. The Hall–Kier alpha value is -0.0800. The van der Waals surface area contributed by atoms with Crippen molar-refractivity contribution in [3.05, 3.63) is 0 Å². The van der Waals surface area contributed by atoms with Crippen LogP contribution in [0.15, 0.2) is 0 Å². The van der Waals surface area contributed by atoms with Gasteiger partial charge in [-0.05, 0) is 51.1 Å². The third kappa shape index (κ3) is 3.71. The van der Waals surface area contributed by atoms with Gasteiger partial charge in [0.1, 0.15) is 0 Å². The minimum atomic E-state index is -0.0246. The van der Waals surface area contributed by atoms with Crippen LogP contribution >= 0.6 is 0 Å². The Kier molecular flexibility index (Phi) is 5.50. The van der Waals surface area contributed by atoms with E-state index in [1.54, 1.807) is 0 Å². The molecule has 0 amide bonds. The van der Waals surface area contributed by atoms with E-state index < -0.39 is 0 Å². The fraction of sp³-hybridized carbons (Fsp3) is 1.00. The summed E-state index contributed by atoms with van der Waals surface area (Å²) in [6.45, 7) is 7.13. The molecule has 0 radical (unpaired) electrons. The van der Waals surface area contributed by atoms with Crippen LogP contribution in [0.3, 0.4) is 0 Å². The van der Waals surface area contributed by atoms with Crippen molar-refractivity contribution in [3.8, 4) is 0 Å². The van der Waals surface area contributed by atoms with Gasteiger partial charge in [0, 0.05) is 12.0 Å². The molecule has 2 rings (SSSR count). The third-order valence-electron chi connectivity index (χ3n) is 4.93. The molecule has 0 aromatic carbocycles. The van der Waals surface area contributed by atoms with Crippen LogP contribution in [0.25, 0.3) is 0 Å². The highest BCUT2D eigenvalue weighted by atomic mass is 16.3. The van der Waals surface area contributed by atoms with Gasteiger partial charge in [-0.15, -0.1) is 0 Å². The Labute approximate surface area is 113 Å². The summed E-state index contributed by atoms with van der Waals surface area (Å²) in [5.41, 5.74) is 0. The molecule has 3 unspecified atom stereocenters. The van der Waals surface area contributed by atoms with Crippen molar-refractivity contribution >= 4 is 0 Å². The topological polar surface area (TPSA) is 23.5 Å². The van der Waals surface area contributed by atoms with E-state index in [0.717, 1.165) is 12.3 Å². The van der Waals surface area contributed by atoms with E-state index in [1.807, 2.05) is 0 Å². The quantitative estimate of drug-likeness (QED) is 0.829. The maximum Gasteiger partial charge on any atom is 0.0583 e. The van der Waals surface area contributed by atoms with Gasteiger partial charge in [0.15, 0.2) is 0 Å².